The van der Waals surface area contributed by atoms with Crippen LogP contribution in [0.4, 0.5) is 14.5 Å². The second-order valence-corrected chi connectivity index (χ2v) is 2.58. The molecule has 1 aromatic carbocycles. The molecule has 0 saturated carbocycles. The molecule has 2 rings (SSSR count). The Labute approximate surface area is 77.1 Å². The number of anilines is 1. The van der Waals surface area contributed by atoms with E-state index < -0.39 is 11.6 Å². The minimum Gasteiger partial charge on any atom is -0.396 e. The van der Waals surface area contributed by atoms with Crippen molar-refractivity contribution in [2.75, 3.05) is 5.73 Å². The highest BCUT2D eigenvalue weighted by atomic mass is 19.1. The Morgan fingerprint density at radius 3 is 2.64 bits per heavy atom. The van der Waals surface area contributed by atoms with Gasteiger partial charge in [-0.25, -0.2) is 8.78 Å². The van der Waals surface area contributed by atoms with E-state index in [0.29, 0.717) is 6.07 Å². The second kappa shape index (κ2) is 3.02. The summed E-state index contributed by atoms with van der Waals surface area (Å²) >= 11 is 0. The molecule has 0 aliphatic carbocycles. The van der Waals surface area contributed by atoms with E-state index in [9.17, 15) is 8.78 Å². The molecule has 0 amide bonds. The van der Waals surface area contributed by atoms with Crippen molar-refractivity contribution < 1.29 is 8.78 Å². The van der Waals surface area contributed by atoms with Gasteiger partial charge in [-0.1, -0.05) is 0 Å². The lowest BCUT2D eigenvalue weighted by Gasteiger charge is -2.03. The molecule has 0 aliphatic rings. The first kappa shape index (κ1) is 8.54. The fourth-order valence-corrected chi connectivity index (χ4v) is 1.00. The van der Waals surface area contributed by atoms with Crippen molar-refractivity contribution in [3.8, 4) is 5.69 Å². The van der Waals surface area contributed by atoms with Crippen LogP contribution in [0.15, 0.2) is 18.5 Å². The largest absolute Gasteiger partial charge is 0.396 e. The zero-order chi connectivity index (χ0) is 10.1. The quantitative estimate of drug-likeness (QED) is 0.676. The highest BCUT2D eigenvalue weighted by molar-refractivity contribution is 5.49. The van der Waals surface area contributed by atoms with Crippen LogP contribution >= 0.6 is 0 Å². The topological polar surface area (TPSA) is 69.6 Å². The Hall–Kier alpha value is -2.05. The van der Waals surface area contributed by atoms with Crippen LogP contribution in [0.25, 0.3) is 5.69 Å². The Morgan fingerprint density at radius 1 is 1.21 bits per heavy atom. The summed E-state index contributed by atoms with van der Waals surface area (Å²) in [4.78, 5) is 0. The van der Waals surface area contributed by atoms with Gasteiger partial charge in [-0.05, 0) is 16.5 Å². The smallest absolute Gasteiger partial charge is 0.152 e. The van der Waals surface area contributed by atoms with Gasteiger partial charge in [0.15, 0.2) is 5.82 Å². The maximum absolute atomic E-state index is 13.2. The number of nitrogens with two attached hydrogens (primary N) is 1. The molecule has 0 atom stereocenters. The summed E-state index contributed by atoms with van der Waals surface area (Å²) in [6.07, 6.45) is 1.19. The molecule has 0 spiro atoms. The molecule has 1 aromatic heterocycles. The van der Waals surface area contributed by atoms with Gasteiger partial charge in [-0.15, -0.1) is 5.10 Å². The molecule has 0 radical (unpaired) electrons. The van der Waals surface area contributed by atoms with Crippen molar-refractivity contribution >= 4 is 5.69 Å². The monoisotopic (exact) mass is 197 g/mol. The minimum absolute atomic E-state index is 0.00824. The van der Waals surface area contributed by atoms with Crippen LogP contribution in [0.2, 0.25) is 0 Å². The lowest BCUT2D eigenvalue weighted by Crippen LogP contribution is -2.02. The van der Waals surface area contributed by atoms with Crippen molar-refractivity contribution in [3.05, 3.63) is 30.1 Å². The number of hydrogen-bond donors (Lipinski definition) is 1. The molecule has 2 aromatic rings. The Kier molecular flexibility index (Phi) is 1.84. The first-order valence-corrected chi connectivity index (χ1v) is 3.66. The molecule has 1 heterocycles. The Balaban J connectivity index is 2.60. The van der Waals surface area contributed by atoms with Gasteiger partial charge < -0.3 is 5.73 Å². The average molecular weight is 197 g/mol. The van der Waals surface area contributed by atoms with Crippen LogP contribution in [0.3, 0.4) is 0 Å². The highest BCUT2D eigenvalue weighted by Gasteiger charge is 2.10. The Bertz CT molecular complexity index is 453. The van der Waals surface area contributed by atoms with Crippen molar-refractivity contribution in [1.29, 1.82) is 0 Å². The van der Waals surface area contributed by atoms with E-state index in [-0.39, 0.29) is 11.4 Å². The molecular weight excluding hydrogens is 192 g/mol. The molecule has 0 aliphatic heterocycles. The van der Waals surface area contributed by atoms with Gasteiger partial charge in [0.1, 0.15) is 17.8 Å². The van der Waals surface area contributed by atoms with Gasteiger partial charge in [-0.3, -0.25) is 0 Å². The number of halogens is 2. The van der Waals surface area contributed by atoms with Crippen LogP contribution in [0.5, 0.6) is 0 Å². The first-order chi connectivity index (χ1) is 6.68. The zero-order valence-electron chi connectivity index (χ0n) is 6.85. The van der Waals surface area contributed by atoms with Gasteiger partial charge in [-0.2, -0.15) is 4.68 Å². The van der Waals surface area contributed by atoms with Gasteiger partial charge in [0.2, 0.25) is 0 Å². The standard InChI is InChI=1S/C7H5F2N5/c8-4-1-5(9)7(2-6(4)10)14-3-11-12-13-14/h1-3H,10H2. The van der Waals surface area contributed by atoms with Gasteiger partial charge in [0.05, 0.1) is 5.69 Å². The average Bonchev–Trinajstić information content (AvgIpc) is 2.64. The molecule has 0 unspecified atom stereocenters. The fourth-order valence-electron chi connectivity index (χ4n) is 1.00. The van der Waals surface area contributed by atoms with Crippen LogP contribution in [-0.4, -0.2) is 20.2 Å². The van der Waals surface area contributed by atoms with E-state index in [1.807, 2.05) is 0 Å². The van der Waals surface area contributed by atoms with E-state index in [2.05, 4.69) is 15.5 Å². The minimum atomic E-state index is -0.806. The summed E-state index contributed by atoms with van der Waals surface area (Å²) in [5.74, 6) is -1.58. The van der Waals surface area contributed by atoms with Crippen LogP contribution in [0, 0.1) is 11.6 Å². The van der Waals surface area contributed by atoms with Gasteiger partial charge in [0, 0.05) is 6.07 Å². The van der Waals surface area contributed by atoms with Crippen LogP contribution in [0.1, 0.15) is 0 Å². The summed E-state index contributed by atoms with van der Waals surface area (Å²) in [5, 5.41) is 10.1. The molecular formula is C7H5F2N5. The summed E-state index contributed by atoms with van der Waals surface area (Å²) in [5.41, 5.74) is 5.12. The number of aromatic nitrogens is 4. The van der Waals surface area contributed by atoms with Crippen LogP contribution < -0.4 is 5.73 Å². The van der Waals surface area contributed by atoms with E-state index in [0.717, 1.165) is 10.7 Å². The number of nitrogens with zero attached hydrogens (tertiary/aromatic N) is 4. The molecule has 72 valence electrons. The van der Waals surface area contributed by atoms with E-state index in [4.69, 9.17) is 5.73 Å². The summed E-state index contributed by atoms with van der Waals surface area (Å²) in [6.45, 7) is 0. The second-order valence-electron chi connectivity index (χ2n) is 2.58. The molecule has 14 heavy (non-hydrogen) atoms. The maximum Gasteiger partial charge on any atom is 0.152 e. The Morgan fingerprint density at radius 2 is 2.00 bits per heavy atom. The molecule has 2 N–H and O–H groups in total. The summed E-state index contributed by atoms with van der Waals surface area (Å²) in [7, 11) is 0. The van der Waals surface area contributed by atoms with Gasteiger partial charge >= 0.3 is 0 Å². The van der Waals surface area contributed by atoms with Crippen molar-refractivity contribution in [3.63, 3.8) is 0 Å². The number of nitrogen functional groups attached to an aromatic ring is 1. The summed E-state index contributed by atoms with van der Waals surface area (Å²) < 4.78 is 27.0. The van der Waals surface area contributed by atoms with Crippen molar-refractivity contribution in [2.24, 2.45) is 0 Å². The van der Waals surface area contributed by atoms with Gasteiger partial charge in [0.25, 0.3) is 0 Å². The normalized spacial score (nSPS) is 10.4. The van der Waals surface area contributed by atoms with Crippen molar-refractivity contribution in [1.82, 2.24) is 20.2 Å². The van der Waals surface area contributed by atoms with Crippen molar-refractivity contribution in [2.45, 2.75) is 0 Å². The predicted molar refractivity (Wildman–Crippen MR) is 43.5 cm³/mol. The number of benzene rings is 1. The van der Waals surface area contributed by atoms with Crippen LogP contribution in [-0.2, 0) is 0 Å². The molecule has 0 saturated heterocycles. The third kappa shape index (κ3) is 1.28. The maximum atomic E-state index is 13.2. The molecule has 5 nitrogen and oxygen atoms in total. The number of hydrogen-bond acceptors (Lipinski definition) is 4. The highest BCUT2D eigenvalue weighted by Crippen LogP contribution is 2.18. The van der Waals surface area contributed by atoms with E-state index >= 15 is 0 Å². The molecule has 7 heteroatoms. The molecule has 0 fully saturated rings. The SMILES string of the molecule is Nc1cc(-n2cnnn2)c(F)cc1F. The predicted octanol–water partition coefficient (Wildman–Crippen LogP) is 0.523. The fraction of sp³-hybridized carbons (Fsp3) is 0. The number of tetrazole rings is 1. The first-order valence-electron chi connectivity index (χ1n) is 3.66. The van der Waals surface area contributed by atoms with E-state index in [1.165, 1.54) is 6.33 Å². The lowest BCUT2D eigenvalue weighted by molar-refractivity contribution is 0.574. The third-order valence-electron chi connectivity index (χ3n) is 1.66. The lowest BCUT2D eigenvalue weighted by atomic mass is 10.2. The third-order valence-corrected chi connectivity index (χ3v) is 1.66. The number of rotatable bonds is 1. The zero-order valence-corrected chi connectivity index (χ0v) is 6.85. The summed E-state index contributed by atoms with van der Waals surface area (Å²) in [6, 6.07) is 1.81. The van der Waals surface area contributed by atoms with E-state index in [1.54, 1.807) is 0 Å². The molecule has 0 bridgehead atoms.